The van der Waals surface area contributed by atoms with Crippen LogP contribution >= 0.6 is 0 Å². The molecule has 0 bridgehead atoms. The standard InChI is InChI=1S/C20H31NO3/c1-11(22)13-4-5-14-17-15(7-9-19(13,14)2)20(3)8-6-12(23)10-16(20)18(24)21-17/h12-17,23H,4-10H2,1-3H3,(H,21,24)/t12-,13-,14+,15+,16-,17+,19-,20-/m1/s1. The Bertz CT molecular complexity index is 575. The number of rotatable bonds is 1. The molecule has 4 nitrogen and oxygen atoms in total. The Morgan fingerprint density at radius 2 is 1.75 bits per heavy atom. The third-order valence-corrected chi connectivity index (χ3v) is 8.55. The molecule has 2 N–H and O–H groups in total. The minimum Gasteiger partial charge on any atom is -0.393 e. The van der Waals surface area contributed by atoms with E-state index in [0.29, 0.717) is 24.0 Å². The van der Waals surface area contributed by atoms with E-state index in [-0.39, 0.29) is 40.7 Å². The smallest absolute Gasteiger partial charge is 0.224 e. The summed E-state index contributed by atoms with van der Waals surface area (Å²) in [4.78, 5) is 25.0. The van der Waals surface area contributed by atoms with E-state index in [1.165, 1.54) is 0 Å². The van der Waals surface area contributed by atoms with E-state index in [2.05, 4.69) is 19.2 Å². The van der Waals surface area contributed by atoms with Crippen molar-refractivity contribution in [1.82, 2.24) is 5.32 Å². The Kier molecular flexibility index (Phi) is 3.66. The summed E-state index contributed by atoms with van der Waals surface area (Å²) in [6.07, 6.45) is 6.31. The zero-order valence-electron chi connectivity index (χ0n) is 15.2. The first-order valence-corrected chi connectivity index (χ1v) is 9.76. The van der Waals surface area contributed by atoms with Crippen molar-refractivity contribution in [2.45, 2.75) is 77.9 Å². The number of hydrogen-bond acceptors (Lipinski definition) is 3. The maximum atomic E-state index is 12.9. The van der Waals surface area contributed by atoms with Crippen molar-refractivity contribution < 1.29 is 14.7 Å². The molecule has 0 aromatic rings. The summed E-state index contributed by atoms with van der Waals surface area (Å²) >= 11 is 0. The minimum atomic E-state index is -0.326. The lowest BCUT2D eigenvalue weighted by Gasteiger charge is -2.60. The Morgan fingerprint density at radius 1 is 1.08 bits per heavy atom. The normalized spacial score (nSPS) is 53.6. The fourth-order valence-corrected chi connectivity index (χ4v) is 7.17. The zero-order valence-corrected chi connectivity index (χ0v) is 15.2. The second-order valence-corrected chi connectivity index (χ2v) is 9.52. The zero-order chi connectivity index (χ0) is 17.3. The van der Waals surface area contributed by atoms with Crippen LogP contribution in [0.15, 0.2) is 0 Å². The molecule has 24 heavy (non-hydrogen) atoms. The first-order chi connectivity index (χ1) is 11.3. The molecule has 4 heteroatoms. The molecule has 1 amide bonds. The third kappa shape index (κ3) is 2.07. The molecule has 4 rings (SSSR count). The summed E-state index contributed by atoms with van der Waals surface area (Å²) in [5.41, 5.74) is 0.0690. The van der Waals surface area contributed by atoms with E-state index in [9.17, 15) is 14.7 Å². The van der Waals surface area contributed by atoms with Gasteiger partial charge >= 0.3 is 0 Å². The number of aliphatic hydroxyl groups excluding tert-OH is 1. The summed E-state index contributed by atoms with van der Waals surface area (Å²) in [5, 5.41) is 13.4. The van der Waals surface area contributed by atoms with Gasteiger partial charge in [0.05, 0.1) is 6.10 Å². The van der Waals surface area contributed by atoms with Crippen LogP contribution in [-0.2, 0) is 9.59 Å². The number of aliphatic hydroxyl groups is 1. The van der Waals surface area contributed by atoms with Crippen LogP contribution in [0.1, 0.15) is 65.7 Å². The fraction of sp³-hybridized carbons (Fsp3) is 0.900. The number of carbonyl (C=O) groups is 2. The molecular weight excluding hydrogens is 302 g/mol. The number of Topliss-reactive ketones (excluding diaryl/α,β-unsaturated/α-hetero) is 1. The number of hydrogen-bond donors (Lipinski definition) is 2. The van der Waals surface area contributed by atoms with Crippen molar-refractivity contribution in [3.05, 3.63) is 0 Å². The van der Waals surface area contributed by atoms with Gasteiger partial charge in [-0.1, -0.05) is 13.8 Å². The average molecular weight is 333 g/mol. The molecule has 4 fully saturated rings. The molecule has 3 aliphatic carbocycles. The van der Waals surface area contributed by atoms with Crippen molar-refractivity contribution in [3.63, 3.8) is 0 Å². The van der Waals surface area contributed by atoms with Gasteiger partial charge in [-0.3, -0.25) is 9.59 Å². The molecule has 1 aliphatic heterocycles. The SMILES string of the molecule is CC(=O)[C@H]1CC[C@H]2[C@@H]3NC(=O)[C@H]4C[C@H](O)CC[C@]4(C)[C@H]3CC[C@]12C. The quantitative estimate of drug-likeness (QED) is 0.775. The average Bonchev–Trinajstić information content (AvgIpc) is 2.87. The molecule has 0 aromatic heterocycles. The topological polar surface area (TPSA) is 66.4 Å². The maximum absolute atomic E-state index is 12.9. The molecule has 0 spiro atoms. The second-order valence-electron chi connectivity index (χ2n) is 9.52. The van der Waals surface area contributed by atoms with Crippen LogP contribution < -0.4 is 5.32 Å². The molecule has 4 aliphatic rings. The highest BCUT2D eigenvalue weighted by molar-refractivity contribution is 5.82. The van der Waals surface area contributed by atoms with Gasteiger partial charge in [-0.05, 0) is 74.5 Å². The molecule has 0 unspecified atom stereocenters. The van der Waals surface area contributed by atoms with Gasteiger partial charge in [0.25, 0.3) is 0 Å². The van der Waals surface area contributed by atoms with Crippen LogP contribution in [0.25, 0.3) is 0 Å². The third-order valence-electron chi connectivity index (χ3n) is 8.55. The van der Waals surface area contributed by atoms with Crippen LogP contribution in [-0.4, -0.2) is 28.9 Å². The lowest BCUT2D eigenvalue weighted by Crippen LogP contribution is -2.66. The van der Waals surface area contributed by atoms with E-state index < -0.39 is 0 Å². The predicted octanol–water partition coefficient (Wildman–Crippen LogP) is 2.68. The number of carbonyl (C=O) groups excluding carboxylic acids is 2. The summed E-state index contributed by atoms with van der Waals surface area (Å²) in [5.74, 6) is 1.52. The highest BCUT2D eigenvalue weighted by Crippen LogP contribution is 2.63. The fourth-order valence-electron chi connectivity index (χ4n) is 7.17. The molecule has 8 atom stereocenters. The first kappa shape index (κ1) is 16.6. The van der Waals surface area contributed by atoms with Crippen molar-refractivity contribution in [1.29, 1.82) is 0 Å². The number of fused-ring (bicyclic) bond motifs is 5. The minimum absolute atomic E-state index is 0.0157. The van der Waals surface area contributed by atoms with Crippen LogP contribution in [0, 0.1) is 34.5 Å². The number of amides is 1. The summed E-state index contributed by atoms with van der Waals surface area (Å²) in [6.45, 7) is 6.32. The Hall–Kier alpha value is -0.900. The molecule has 0 aromatic carbocycles. The van der Waals surface area contributed by atoms with Gasteiger partial charge in [0, 0.05) is 17.9 Å². The van der Waals surface area contributed by atoms with Crippen LogP contribution in [0.5, 0.6) is 0 Å². The molecule has 1 saturated heterocycles. The lowest BCUT2D eigenvalue weighted by atomic mass is 9.48. The maximum Gasteiger partial charge on any atom is 0.224 e. The Balaban J connectivity index is 1.67. The van der Waals surface area contributed by atoms with E-state index in [1.807, 2.05) is 0 Å². The number of nitrogens with one attached hydrogen (secondary N) is 1. The molecular formula is C20H31NO3. The Labute approximate surface area is 144 Å². The van der Waals surface area contributed by atoms with Crippen molar-refractivity contribution in [2.24, 2.45) is 34.5 Å². The van der Waals surface area contributed by atoms with Crippen LogP contribution in [0.4, 0.5) is 0 Å². The van der Waals surface area contributed by atoms with Gasteiger partial charge in [0.1, 0.15) is 5.78 Å². The summed E-state index contributed by atoms with van der Waals surface area (Å²) < 4.78 is 0. The van der Waals surface area contributed by atoms with Gasteiger partial charge in [-0.2, -0.15) is 0 Å². The monoisotopic (exact) mass is 333 g/mol. The number of ketones is 1. The summed E-state index contributed by atoms with van der Waals surface area (Å²) in [6, 6.07) is 0.220. The highest BCUT2D eigenvalue weighted by Gasteiger charge is 2.62. The molecule has 3 saturated carbocycles. The molecule has 1 heterocycles. The molecule has 134 valence electrons. The van der Waals surface area contributed by atoms with Gasteiger partial charge in [0.15, 0.2) is 0 Å². The summed E-state index contributed by atoms with van der Waals surface area (Å²) in [7, 11) is 0. The van der Waals surface area contributed by atoms with Gasteiger partial charge in [-0.25, -0.2) is 0 Å². The number of piperidine rings is 1. The van der Waals surface area contributed by atoms with Crippen molar-refractivity contribution in [3.8, 4) is 0 Å². The van der Waals surface area contributed by atoms with E-state index in [1.54, 1.807) is 6.92 Å². The predicted molar refractivity (Wildman–Crippen MR) is 91.1 cm³/mol. The van der Waals surface area contributed by atoms with Gasteiger partial charge in [0.2, 0.25) is 5.91 Å². The van der Waals surface area contributed by atoms with Crippen LogP contribution in [0.2, 0.25) is 0 Å². The van der Waals surface area contributed by atoms with Crippen molar-refractivity contribution in [2.75, 3.05) is 0 Å². The Morgan fingerprint density at radius 3 is 2.46 bits per heavy atom. The van der Waals surface area contributed by atoms with E-state index in [0.717, 1.165) is 38.5 Å². The van der Waals surface area contributed by atoms with Crippen LogP contribution in [0.3, 0.4) is 0 Å². The van der Waals surface area contributed by atoms with E-state index >= 15 is 0 Å². The second kappa shape index (κ2) is 5.30. The largest absolute Gasteiger partial charge is 0.393 e. The molecule has 0 radical (unpaired) electrons. The lowest BCUT2D eigenvalue weighted by molar-refractivity contribution is -0.156. The first-order valence-electron chi connectivity index (χ1n) is 9.76. The van der Waals surface area contributed by atoms with Gasteiger partial charge < -0.3 is 10.4 Å². The highest BCUT2D eigenvalue weighted by atomic mass is 16.3. The van der Waals surface area contributed by atoms with E-state index in [4.69, 9.17) is 0 Å². The van der Waals surface area contributed by atoms with Crippen molar-refractivity contribution >= 4 is 11.7 Å². The van der Waals surface area contributed by atoms with Gasteiger partial charge in [-0.15, -0.1) is 0 Å².